The molecule has 0 bridgehead atoms. The molecule has 0 atom stereocenters. The minimum absolute atomic E-state index is 0.495. The monoisotopic (exact) mass is 377 g/mol. The van der Waals surface area contributed by atoms with E-state index < -0.39 is 42.9 Å². The van der Waals surface area contributed by atoms with E-state index in [4.69, 9.17) is 14.2 Å². The molecule has 0 saturated carbocycles. The summed E-state index contributed by atoms with van der Waals surface area (Å²) in [6.07, 6.45) is 0. The first-order valence-corrected chi connectivity index (χ1v) is 7.97. The summed E-state index contributed by atoms with van der Waals surface area (Å²) in [6, 6.07) is 7.32. The van der Waals surface area contributed by atoms with Gasteiger partial charge in [0.05, 0.1) is 7.11 Å². The maximum absolute atomic E-state index is 11.8. The van der Waals surface area contributed by atoms with Gasteiger partial charge in [0.15, 0.2) is 3.57 Å². The zero-order valence-electron chi connectivity index (χ0n) is 10.8. The summed E-state index contributed by atoms with van der Waals surface area (Å²) in [5, 5.41) is 0. The fourth-order valence-corrected chi connectivity index (χ4v) is 3.82. The van der Waals surface area contributed by atoms with Gasteiger partial charge in [0, 0.05) is 13.8 Å². The Hall–Kier alpha value is -1.31. The van der Waals surface area contributed by atoms with Gasteiger partial charge in [-0.25, -0.2) is 9.59 Å². The fraction of sp³-hybridized carbons (Fsp3) is 0.385. The zero-order chi connectivity index (χ0) is 14.0. The molecule has 1 aliphatic rings. The van der Waals surface area contributed by atoms with Crippen molar-refractivity contribution in [3.8, 4) is 5.75 Å². The second-order valence-electron chi connectivity index (χ2n) is 4.37. The molecule has 2 rings (SSSR count). The molecule has 0 spiro atoms. The number of hydrogen-bond acceptors (Lipinski definition) is 5. The Kier molecular flexibility index (Phi) is 3.98. The molecule has 0 aromatic heterocycles. The van der Waals surface area contributed by atoms with Gasteiger partial charge < -0.3 is 14.2 Å². The molecule has 0 unspecified atom stereocenters. The Bertz CT molecular complexity index is 474. The van der Waals surface area contributed by atoms with Crippen molar-refractivity contribution >= 4 is 11.9 Å². The van der Waals surface area contributed by atoms with Crippen LogP contribution in [-0.4, -0.2) is 28.8 Å². The van der Waals surface area contributed by atoms with Crippen molar-refractivity contribution in [2.24, 2.45) is 0 Å². The van der Waals surface area contributed by atoms with Gasteiger partial charge in [-0.3, -0.25) is 0 Å². The van der Waals surface area contributed by atoms with E-state index in [9.17, 15) is 9.59 Å². The topological polar surface area (TPSA) is 61.8 Å². The summed E-state index contributed by atoms with van der Waals surface area (Å²) in [6.45, 7) is 3.09. The van der Waals surface area contributed by atoms with Crippen LogP contribution in [0.1, 0.15) is 13.8 Å². The fourth-order valence-electron chi connectivity index (χ4n) is 1.56. The van der Waals surface area contributed by atoms with Gasteiger partial charge in [-0.1, -0.05) is 0 Å². The maximum atomic E-state index is 11.8. The molecule has 0 aliphatic carbocycles. The molecule has 5 nitrogen and oxygen atoms in total. The molecule has 1 aromatic rings. The van der Waals surface area contributed by atoms with Gasteiger partial charge in [0.25, 0.3) is 5.79 Å². The number of methoxy groups -OCH3 is 1. The van der Waals surface area contributed by atoms with Crippen LogP contribution < -0.4 is 25.9 Å². The van der Waals surface area contributed by atoms with E-state index in [-0.39, 0.29) is 0 Å². The molecule has 0 amide bonds. The summed E-state index contributed by atoms with van der Waals surface area (Å²) in [7, 11) is 1.59. The van der Waals surface area contributed by atoms with E-state index in [1.807, 2.05) is 12.1 Å². The molecule has 1 saturated heterocycles. The minimum Gasteiger partial charge on any atom is -0.497 e. The molecule has 1 fully saturated rings. The minimum atomic E-state index is -1.16. The average Bonchev–Trinajstić information content (AvgIpc) is 2.33. The Morgan fingerprint density at radius 3 is 2.11 bits per heavy atom. The molecular weight excluding hydrogens is 363 g/mol. The van der Waals surface area contributed by atoms with Crippen molar-refractivity contribution in [2.75, 3.05) is 7.11 Å². The number of ether oxygens (including phenoxy) is 3. The summed E-state index contributed by atoms with van der Waals surface area (Å²) in [5.74, 6) is -1.41. The van der Waals surface area contributed by atoms with Gasteiger partial charge in [-0.15, -0.1) is 0 Å². The third kappa shape index (κ3) is 3.37. The molecule has 19 heavy (non-hydrogen) atoms. The molecule has 1 heterocycles. The highest BCUT2D eigenvalue weighted by Gasteiger charge is 2.52. The number of esters is 2. The summed E-state index contributed by atoms with van der Waals surface area (Å²) >= 11 is -0.840. The van der Waals surface area contributed by atoms with Gasteiger partial charge in [0.2, 0.25) is 0 Å². The van der Waals surface area contributed by atoms with Crippen LogP contribution in [-0.2, 0) is 19.1 Å². The van der Waals surface area contributed by atoms with Gasteiger partial charge >= 0.3 is 37.1 Å². The smallest absolute Gasteiger partial charge is 0.373 e. The van der Waals surface area contributed by atoms with Crippen LogP contribution >= 0.6 is 0 Å². The third-order valence-electron chi connectivity index (χ3n) is 2.39. The molecule has 1 aromatic carbocycles. The number of halogens is 1. The average molecular weight is 377 g/mol. The van der Waals surface area contributed by atoms with Gasteiger partial charge in [-0.05, 0) is 24.3 Å². The lowest BCUT2D eigenvalue weighted by atomic mass is 10.3. The van der Waals surface area contributed by atoms with Crippen LogP contribution in [0, 0.1) is 3.57 Å². The number of benzene rings is 1. The van der Waals surface area contributed by atoms with E-state index in [1.54, 1.807) is 33.1 Å². The lowest BCUT2D eigenvalue weighted by Crippen LogP contribution is -3.66. The Labute approximate surface area is 121 Å². The number of alkyl halides is 1. The van der Waals surface area contributed by atoms with E-state index in [0.717, 1.165) is 9.32 Å². The summed E-state index contributed by atoms with van der Waals surface area (Å²) in [4.78, 5) is 23.7. The van der Waals surface area contributed by atoms with Crippen LogP contribution in [0.15, 0.2) is 24.3 Å². The standard InChI is InChI=1S/C13H14IO5/c1-13(2)18-11(15)10(12(16)19-13)14-8-4-6-9(17-3)7-5-8/h4-7,10H,1-3H3/q+1. The largest absolute Gasteiger partial charge is 0.497 e. The predicted octanol–water partition coefficient (Wildman–Crippen LogP) is -1.84. The second kappa shape index (κ2) is 5.36. The number of rotatable bonds is 3. The van der Waals surface area contributed by atoms with Crippen LogP contribution in [0.3, 0.4) is 0 Å². The number of hydrogen-bond donors (Lipinski definition) is 0. The Balaban J connectivity index is 2.09. The number of carbonyl (C=O) groups is 2. The number of carbonyl (C=O) groups excluding carboxylic acids is 2. The maximum Gasteiger partial charge on any atom is 0.373 e. The van der Waals surface area contributed by atoms with Gasteiger partial charge in [0.1, 0.15) is 5.75 Å². The highest BCUT2D eigenvalue weighted by molar-refractivity contribution is 5.99. The first-order chi connectivity index (χ1) is 8.91. The van der Waals surface area contributed by atoms with E-state index >= 15 is 0 Å². The molecule has 102 valence electrons. The van der Waals surface area contributed by atoms with Crippen LogP contribution in [0.4, 0.5) is 0 Å². The summed E-state index contributed by atoms with van der Waals surface area (Å²) < 4.78 is 15.4. The van der Waals surface area contributed by atoms with Crippen molar-refractivity contribution in [3.05, 3.63) is 27.8 Å². The van der Waals surface area contributed by atoms with E-state index in [1.165, 1.54) is 0 Å². The highest BCUT2D eigenvalue weighted by Crippen LogP contribution is 2.17. The van der Waals surface area contributed by atoms with E-state index in [2.05, 4.69) is 0 Å². The first-order valence-electron chi connectivity index (χ1n) is 5.64. The molecule has 1 aliphatic heterocycles. The molecule has 0 radical (unpaired) electrons. The lowest BCUT2D eigenvalue weighted by molar-refractivity contribution is -0.644. The zero-order valence-corrected chi connectivity index (χ0v) is 13.0. The van der Waals surface area contributed by atoms with E-state index in [0.29, 0.717) is 0 Å². The third-order valence-corrected chi connectivity index (χ3v) is 5.47. The quantitative estimate of drug-likeness (QED) is 0.268. The van der Waals surface area contributed by atoms with Crippen molar-refractivity contribution < 1.29 is 45.0 Å². The van der Waals surface area contributed by atoms with Crippen LogP contribution in [0.2, 0.25) is 0 Å². The first kappa shape index (κ1) is 14.1. The molecular formula is C13H14IO5+. The van der Waals surface area contributed by atoms with Crippen molar-refractivity contribution in [2.45, 2.75) is 23.6 Å². The normalized spacial score (nSPS) is 18.7. The highest BCUT2D eigenvalue weighted by atomic mass is 127. The van der Waals surface area contributed by atoms with Crippen molar-refractivity contribution in [1.82, 2.24) is 0 Å². The lowest BCUT2D eigenvalue weighted by Gasteiger charge is -2.29. The molecule has 0 N–H and O–H groups in total. The Morgan fingerprint density at radius 2 is 1.63 bits per heavy atom. The number of cyclic esters (lactones) is 2. The Morgan fingerprint density at radius 1 is 1.11 bits per heavy atom. The summed E-state index contributed by atoms with van der Waals surface area (Å²) in [5.41, 5.74) is 0. The van der Waals surface area contributed by atoms with Crippen LogP contribution in [0.5, 0.6) is 5.75 Å². The van der Waals surface area contributed by atoms with Crippen molar-refractivity contribution in [1.29, 1.82) is 0 Å². The van der Waals surface area contributed by atoms with Crippen molar-refractivity contribution in [3.63, 3.8) is 0 Å². The van der Waals surface area contributed by atoms with Gasteiger partial charge in [-0.2, -0.15) is 0 Å². The predicted molar refractivity (Wildman–Crippen MR) is 61.7 cm³/mol. The molecule has 6 heteroatoms. The SMILES string of the molecule is COc1ccc([I+]C2C(=O)OC(C)(C)OC2=O)cc1. The van der Waals surface area contributed by atoms with Crippen LogP contribution in [0.25, 0.3) is 0 Å². The second-order valence-corrected chi connectivity index (χ2v) is 7.49.